The Labute approximate surface area is 82.4 Å². The van der Waals surface area contributed by atoms with Gasteiger partial charge < -0.3 is 10.4 Å². The molecule has 0 radical (unpaired) electrons. The van der Waals surface area contributed by atoms with Crippen molar-refractivity contribution in [3.63, 3.8) is 0 Å². The summed E-state index contributed by atoms with van der Waals surface area (Å²) in [4.78, 5) is 0. The summed E-state index contributed by atoms with van der Waals surface area (Å²) >= 11 is 1.93. The van der Waals surface area contributed by atoms with E-state index in [9.17, 15) is 0 Å². The molecule has 0 bridgehead atoms. The van der Waals surface area contributed by atoms with Crippen molar-refractivity contribution in [2.24, 2.45) is 0 Å². The summed E-state index contributed by atoms with van der Waals surface area (Å²) in [6.07, 6.45) is 1.25. The first-order chi connectivity index (χ1) is 6.36. The highest BCUT2D eigenvalue weighted by molar-refractivity contribution is 7.99. The summed E-state index contributed by atoms with van der Waals surface area (Å²) in [6, 6.07) is 7.44. The molecule has 1 aromatic carbocycles. The van der Waals surface area contributed by atoms with Crippen LogP contribution in [0, 0.1) is 0 Å². The largest absolute Gasteiger partial charge is 0.508 e. The average molecular weight is 195 g/mol. The van der Waals surface area contributed by atoms with Crippen LogP contribution in [-0.2, 0) is 0 Å². The van der Waals surface area contributed by atoms with Crippen LogP contribution in [0.1, 0.15) is 17.4 Å². The van der Waals surface area contributed by atoms with Gasteiger partial charge in [-0.15, -0.1) is 11.8 Å². The number of hydrogen-bond donors (Lipinski definition) is 2. The molecule has 3 heteroatoms. The van der Waals surface area contributed by atoms with Crippen LogP contribution in [0.3, 0.4) is 0 Å². The van der Waals surface area contributed by atoms with Gasteiger partial charge in [-0.1, -0.05) is 12.1 Å². The Morgan fingerprint density at radius 3 is 2.69 bits per heavy atom. The number of phenols is 1. The molecule has 1 heterocycles. The van der Waals surface area contributed by atoms with Crippen LogP contribution in [0.25, 0.3) is 0 Å². The number of rotatable bonds is 1. The first kappa shape index (κ1) is 8.91. The molecule has 13 heavy (non-hydrogen) atoms. The van der Waals surface area contributed by atoms with E-state index in [4.69, 9.17) is 5.11 Å². The van der Waals surface area contributed by atoms with Crippen LogP contribution < -0.4 is 5.32 Å². The first-order valence-corrected chi connectivity index (χ1v) is 5.55. The van der Waals surface area contributed by atoms with E-state index in [2.05, 4.69) is 5.32 Å². The molecule has 1 aliphatic heterocycles. The van der Waals surface area contributed by atoms with E-state index in [-0.39, 0.29) is 0 Å². The minimum Gasteiger partial charge on any atom is -0.508 e. The van der Waals surface area contributed by atoms with Gasteiger partial charge in [0.15, 0.2) is 0 Å². The molecule has 0 saturated carbocycles. The minimum absolute atomic E-state index is 0.338. The van der Waals surface area contributed by atoms with E-state index >= 15 is 0 Å². The molecule has 0 aromatic heterocycles. The zero-order valence-corrected chi connectivity index (χ0v) is 8.18. The smallest absolute Gasteiger partial charge is 0.115 e. The van der Waals surface area contributed by atoms with E-state index in [0.29, 0.717) is 11.1 Å². The van der Waals surface area contributed by atoms with Gasteiger partial charge in [0.25, 0.3) is 0 Å². The van der Waals surface area contributed by atoms with Crippen LogP contribution in [0.5, 0.6) is 5.75 Å². The second kappa shape index (κ2) is 4.03. The predicted octanol–water partition coefficient (Wildman–Crippen LogP) is 2.12. The maximum atomic E-state index is 9.13. The molecule has 2 N–H and O–H groups in total. The van der Waals surface area contributed by atoms with Crippen LogP contribution >= 0.6 is 11.8 Å². The van der Waals surface area contributed by atoms with Crippen molar-refractivity contribution in [2.45, 2.75) is 11.8 Å². The lowest BCUT2D eigenvalue weighted by Gasteiger charge is -2.23. The molecular formula is C10H13NOS. The van der Waals surface area contributed by atoms with Crippen molar-refractivity contribution in [1.82, 2.24) is 5.32 Å². The van der Waals surface area contributed by atoms with E-state index in [1.165, 1.54) is 17.7 Å². The SMILES string of the molecule is Oc1ccc(C2NCCCS2)cc1. The normalized spacial score (nSPS) is 22.9. The van der Waals surface area contributed by atoms with E-state index in [1.54, 1.807) is 12.1 Å². The first-order valence-electron chi connectivity index (χ1n) is 4.50. The van der Waals surface area contributed by atoms with Crippen molar-refractivity contribution < 1.29 is 5.11 Å². The fourth-order valence-corrected chi connectivity index (χ4v) is 2.56. The summed E-state index contributed by atoms with van der Waals surface area (Å²) < 4.78 is 0. The molecule has 2 nitrogen and oxygen atoms in total. The molecule has 1 fully saturated rings. The lowest BCUT2D eigenvalue weighted by atomic mass is 10.2. The summed E-state index contributed by atoms with van der Waals surface area (Å²) in [6.45, 7) is 1.10. The third-order valence-electron chi connectivity index (χ3n) is 2.13. The fraction of sp³-hybridized carbons (Fsp3) is 0.400. The summed E-state index contributed by atoms with van der Waals surface area (Å²) in [5.41, 5.74) is 1.25. The molecular weight excluding hydrogens is 182 g/mol. The molecule has 1 aromatic rings. The number of phenolic OH excluding ortho intramolecular Hbond substituents is 1. The number of hydrogen-bond acceptors (Lipinski definition) is 3. The lowest BCUT2D eigenvalue weighted by Crippen LogP contribution is -2.25. The van der Waals surface area contributed by atoms with Gasteiger partial charge in [0.1, 0.15) is 5.75 Å². The number of thioether (sulfide) groups is 1. The van der Waals surface area contributed by atoms with E-state index in [0.717, 1.165) is 6.54 Å². The second-order valence-electron chi connectivity index (χ2n) is 3.15. The average Bonchev–Trinajstić information content (AvgIpc) is 2.20. The van der Waals surface area contributed by atoms with Gasteiger partial charge in [-0.2, -0.15) is 0 Å². The monoisotopic (exact) mass is 195 g/mol. The van der Waals surface area contributed by atoms with Gasteiger partial charge in [-0.3, -0.25) is 0 Å². The Hall–Kier alpha value is -0.670. The highest BCUT2D eigenvalue weighted by atomic mass is 32.2. The van der Waals surface area contributed by atoms with E-state index in [1.807, 2.05) is 23.9 Å². The molecule has 70 valence electrons. The molecule has 0 aliphatic carbocycles. The van der Waals surface area contributed by atoms with Crippen molar-refractivity contribution in [1.29, 1.82) is 0 Å². The Bertz CT molecular complexity index is 267. The molecule has 2 rings (SSSR count). The van der Waals surface area contributed by atoms with Crippen LogP contribution in [0.4, 0.5) is 0 Å². The predicted molar refractivity (Wildman–Crippen MR) is 55.9 cm³/mol. The summed E-state index contributed by atoms with van der Waals surface area (Å²) in [7, 11) is 0. The molecule has 1 unspecified atom stereocenters. The third kappa shape index (κ3) is 2.17. The molecule has 1 saturated heterocycles. The van der Waals surface area contributed by atoms with E-state index < -0.39 is 0 Å². The van der Waals surface area contributed by atoms with Gasteiger partial charge in [0, 0.05) is 0 Å². The minimum atomic E-state index is 0.338. The Kier molecular flexibility index (Phi) is 2.76. The Morgan fingerprint density at radius 2 is 2.08 bits per heavy atom. The summed E-state index contributed by atoms with van der Waals surface area (Å²) in [5, 5.41) is 13.0. The van der Waals surface area contributed by atoms with Crippen molar-refractivity contribution in [3.8, 4) is 5.75 Å². The van der Waals surface area contributed by atoms with Crippen molar-refractivity contribution in [2.75, 3.05) is 12.3 Å². The highest BCUT2D eigenvalue weighted by Gasteiger charge is 2.14. The van der Waals surface area contributed by atoms with Gasteiger partial charge >= 0.3 is 0 Å². The molecule has 1 atom stereocenters. The van der Waals surface area contributed by atoms with Crippen LogP contribution in [0.2, 0.25) is 0 Å². The number of benzene rings is 1. The zero-order valence-electron chi connectivity index (χ0n) is 7.36. The standard InChI is InChI=1S/C10H13NOS/c12-9-4-2-8(3-5-9)10-11-6-1-7-13-10/h2-5,10-12H,1,6-7H2. The Balaban J connectivity index is 2.10. The van der Waals surface area contributed by atoms with Crippen LogP contribution in [0.15, 0.2) is 24.3 Å². The highest BCUT2D eigenvalue weighted by Crippen LogP contribution is 2.29. The number of aromatic hydroxyl groups is 1. The van der Waals surface area contributed by atoms with Gasteiger partial charge in [-0.25, -0.2) is 0 Å². The zero-order chi connectivity index (χ0) is 9.10. The summed E-state index contributed by atoms with van der Waals surface area (Å²) in [5.74, 6) is 1.56. The molecule has 0 spiro atoms. The molecule has 0 amide bonds. The van der Waals surface area contributed by atoms with Crippen molar-refractivity contribution in [3.05, 3.63) is 29.8 Å². The second-order valence-corrected chi connectivity index (χ2v) is 4.36. The maximum Gasteiger partial charge on any atom is 0.115 e. The maximum absolute atomic E-state index is 9.13. The van der Waals surface area contributed by atoms with Crippen LogP contribution in [-0.4, -0.2) is 17.4 Å². The topological polar surface area (TPSA) is 32.3 Å². The quantitative estimate of drug-likeness (QED) is 0.720. The Morgan fingerprint density at radius 1 is 1.31 bits per heavy atom. The lowest BCUT2D eigenvalue weighted by molar-refractivity contribution is 0.475. The van der Waals surface area contributed by atoms with Crippen molar-refractivity contribution >= 4 is 11.8 Å². The van der Waals surface area contributed by atoms with Gasteiger partial charge in [0.2, 0.25) is 0 Å². The fourth-order valence-electron chi connectivity index (χ4n) is 1.43. The van der Waals surface area contributed by atoms with Gasteiger partial charge in [0.05, 0.1) is 5.37 Å². The van der Waals surface area contributed by atoms with Gasteiger partial charge in [-0.05, 0) is 36.4 Å². The third-order valence-corrected chi connectivity index (χ3v) is 3.43. The molecule has 1 aliphatic rings. The number of nitrogens with one attached hydrogen (secondary N) is 1.